The summed E-state index contributed by atoms with van der Waals surface area (Å²) in [5.74, 6) is 0. The first-order chi connectivity index (χ1) is 0. The Morgan fingerprint density at radius 3 is 0.600 bits per heavy atom. The van der Waals surface area contributed by atoms with Gasteiger partial charge in [-0.1, -0.05) is 0 Å². The molecule has 16 valence electrons. The van der Waals surface area contributed by atoms with Gasteiger partial charge in [0.15, 0.2) is 0 Å². The normalized spacial score (nSPS) is 0. The first kappa shape index (κ1) is 86.2. The van der Waals surface area contributed by atoms with Crippen molar-refractivity contribution in [1.29, 1.82) is 0 Å². The maximum Gasteiger partial charge on any atom is 3.00 e. The molecule has 0 aliphatic heterocycles. The monoisotopic (exact) mass is 114 g/mol. The van der Waals surface area contributed by atoms with Crippen molar-refractivity contribution < 1.29 is 11.0 Å². The average Bonchev–Trinajstić information content (AvgIpc) is 0. The van der Waals surface area contributed by atoms with Crippen LogP contribution in [0.25, 0.3) is 0 Å². The summed E-state index contributed by atoms with van der Waals surface area (Å²) in [6.45, 7) is 0. The Morgan fingerprint density at radius 1 is 0.600 bits per heavy atom. The van der Waals surface area contributed by atoms with Gasteiger partial charge in [-0.15, -0.1) is 0 Å². The Bertz CT molecular complexity index is 4.85. The molecule has 0 saturated carbocycles. The fourth-order valence-electron chi connectivity index (χ4n) is 0. The standard InChI is InChI=1S/3Al.H2O.O/h;;;1H2;/q3*+3;;-2/p-1. The second-order valence-electron chi connectivity index (χ2n) is 0. The minimum atomic E-state index is 0. The largest absolute Gasteiger partial charge is 3.00 e. The van der Waals surface area contributed by atoms with Crippen LogP contribution in [0.1, 0.15) is 0 Å². The second kappa shape index (κ2) is 48.9. The van der Waals surface area contributed by atoms with Crippen LogP contribution in [0, 0.1) is 0 Å². The van der Waals surface area contributed by atoms with Crippen LogP contribution >= 0.6 is 0 Å². The molecule has 0 aromatic rings. The van der Waals surface area contributed by atoms with Crippen LogP contribution in [-0.2, 0) is 5.48 Å². The second-order valence-corrected chi connectivity index (χ2v) is 0. The third-order valence-electron chi connectivity index (χ3n) is 0. The van der Waals surface area contributed by atoms with E-state index in [1.807, 2.05) is 0 Å². The van der Waals surface area contributed by atoms with Gasteiger partial charge in [0.1, 0.15) is 0 Å². The topological polar surface area (TPSA) is 58.5 Å². The molecular formula is HAl3O2+6. The summed E-state index contributed by atoms with van der Waals surface area (Å²) in [5.41, 5.74) is 0. The van der Waals surface area contributed by atoms with Gasteiger partial charge in [-0.3, -0.25) is 0 Å². The van der Waals surface area contributed by atoms with Gasteiger partial charge in [-0.2, -0.15) is 0 Å². The molecule has 0 aliphatic rings. The van der Waals surface area contributed by atoms with Crippen molar-refractivity contribution >= 4 is 52.1 Å². The SMILES string of the molecule is [Al+3].[Al+3].[Al+3].[O-2].[OH-]. The first-order valence-corrected chi connectivity index (χ1v) is 0. The summed E-state index contributed by atoms with van der Waals surface area (Å²) in [4.78, 5) is 0. The number of hydrogen-bond donors (Lipinski definition) is 0. The van der Waals surface area contributed by atoms with E-state index in [0.717, 1.165) is 0 Å². The Morgan fingerprint density at radius 2 is 0.600 bits per heavy atom. The van der Waals surface area contributed by atoms with Crippen LogP contribution in [-0.4, -0.2) is 57.6 Å². The molecule has 0 aromatic carbocycles. The van der Waals surface area contributed by atoms with E-state index < -0.39 is 0 Å². The Labute approximate surface area is 63.0 Å². The van der Waals surface area contributed by atoms with Crippen molar-refractivity contribution in [3.63, 3.8) is 0 Å². The summed E-state index contributed by atoms with van der Waals surface area (Å²) >= 11 is 0. The molecule has 0 rings (SSSR count). The quantitative estimate of drug-likeness (QED) is 0.356. The maximum atomic E-state index is 0. The van der Waals surface area contributed by atoms with Crippen molar-refractivity contribution in [1.82, 2.24) is 0 Å². The van der Waals surface area contributed by atoms with Gasteiger partial charge in [0, 0.05) is 0 Å². The summed E-state index contributed by atoms with van der Waals surface area (Å²) in [5, 5.41) is 0. The molecule has 0 spiro atoms. The summed E-state index contributed by atoms with van der Waals surface area (Å²) in [6, 6.07) is 0. The van der Waals surface area contributed by atoms with Gasteiger partial charge in [-0.05, 0) is 0 Å². The summed E-state index contributed by atoms with van der Waals surface area (Å²) in [6.07, 6.45) is 0. The molecule has 5 heavy (non-hydrogen) atoms. The zero-order chi connectivity index (χ0) is 0. The van der Waals surface area contributed by atoms with Gasteiger partial charge in [0.25, 0.3) is 0 Å². The molecule has 5 heteroatoms. The molecule has 1 N–H and O–H groups in total. The van der Waals surface area contributed by atoms with Gasteiger partial charge >= 0.3 is 52.1 Å². The third kappa shape index (κ3) is 29.6. The van der Waals surface area contributed by atoms with Crippen molar-refractivity contribution in [3.05, 3.63) is 0 Å². The van der Waals surface area contributed by atoms with Gasteiger partial charge in [0.05, 0.1) is 0 Å². The minimum absolute atomic E-state index is 0. The first-order valence-electron chi connectivity index (χ1n) is 0. The van der Waals surface area contributed by atoms with E-state index in [-0.39, 0.29) is 63.0 Å². The predicted octanol–water partition coefficient (Wildman–Crippen LogP) is -1.44. The summed E-state index contributed by atoms with van der Waals surface area (Å²) < 4.78 is 0. The van der Waals surface area contributed by atoms with Crippen LogP contribution in [0.5, 0.6) is 0 Å². The maximum absolute atomic E-state index is 0. The van der Waals surface area contributed by atoms with E-state index >= 15 is 0 Å². The molecule has 0 amide bonds. The van der Waals surface area contributed by atoms with E-state index in [0.29, 0.717) is 0 Å². The van der Waals surface area contributed by atoms with E-state index in [1.54, 1.807) is 0 Å². The molecule has 0 heterocycles. The fraction of sp³-hybridized carbons (Fsp3) is 0. The van der Waals surface area contributed by atoms with Gasteiger partial charge in [0.2, 0.25) is 0 Å². The molecule has 0 unspecified atom stereocenters. The molecule has 0 aliphatic carbocycles. The third-order valence-corrected chi connectivity index (χ3v) is 0. The molecule has 0 aromatic heterocycles. The Balaban J connectivity index is 0. The van der Waals surface area contributed by atoms with Crippen molar-refractivity contribution in [2.45, 2.75) is 0 Å². The molecule has 0 saturated heterocycles. The minimum Gasteiger partial charge on any atom is -2.00 e. The zero-order valence-electron chi connectivity index (χ0n) is 2.59. The zero-order valence-corrected chi connectivity index (χ0v) is 6.05. The molecule has 0 radical (unpaired) electrons. The molecule has 0 fully saturated rings. The van der Waals surface area contributed by atoms with Crippen molar-refractivity contribution in [2.24, 2.45) is 0 Å². The summed E-state index contributed by atoms with van der Waals surface area (Å²) in [7, 11) is 0. The van der Waals surface area contributed by atoms with Crippen LogP contribution in [0.4, 0.5) is 0 Å². The molecular weight excluding hydrogens is 113 g/mol. The average molecular weight is 114 g/mol. The van der Waals surface area contributed by atoms with E-state index in [9.17, 15) is 0 Å². The van der Waals surface area contributed by atoms with Crippen LogP contribution < -0.4 is 0 Å². The Kier molecular flexibility index (Phi) is 843. The van der Waals surface area contributed by atoms with Gasteiger partial charge in [-0.25, -0.2) is 0 Å². The van der Waals surface area contributed by atoms with E-state index in [1.165, 1.54) is 0 Å². The smallest absolute Gasteiger partial charge is 2.00 e. The van der Waals surface area contributed by atoms with Crippen LogP contribution in [0.3, 0.4) is 0 Å². The molecule has 0 bridgehead atoms. The molecule has 0 atom stereocenters. The van der Waals surface area contributed by atoms with E-state index in [4.69, 9.17) is 0 Å². The molecule has 2 nitrogen and oxygen atoms in total. The van der Waals surface area contributed by atoms with Crippen molar-refractivity contribution in [3.8, 4) is 0 Å². The fourth-order valence-corrected chi connectivity index (χ4v) is 0. The predicted molar refractivity (Wildman–Crippen MR) is 19.9 cm³/mol. The van der Waals surface area contributed by atoms with Crippen LogP contribution in [0.2, 0.25) is 0 Å². The van der Waals surface area contributed by atoms with E-state index in [2.05, 4.69) is 0 Å². The Hall–Kier alpha value is 1.52. The number of hydrogen-bond acceptors (Lipinski definition) is 1. The van der Waals surface area contributed by atoms with Crippen molar-refractivity contribution in [2.75, 3.05) is 0 Å². The number of rotatable bonds is 0. The van der Waals surface area contributed by atoms with Gasteiger partial charge < -0.3 is 11.0 Å². The van der Waals surface area contributed by atoms with Crippen LogP contribution in [0.15, 0.2) is 0 Å².